The zero-order valence-corrected chi connectivity index (χ0v) is 12.5. The van der Waals surface area contributed by atoms with E-state index in [4.69, 9.17) is 5.73 Å². The fourth-order valence-corrected chi connectivity index (χ4v) is 1.90. The Kier molecular flexibility index (Phi) is 4.85. The first-order valence-corrected chi connectivity index (χ1v) is 6.86. The van der Waals surface area contributed by atoms with Gasteiger partial charge in [-0.25, -0.2) is 4.98 Å². The number of hydrogen-bond acceptors (Lipinski definition) is 4. The van der Waals surface area contributed by atoms with Crippen LogP contribution in [0.25, 0.3) is 0 Å². The summed E-state index contributed by atoms with van der Waals surface area (Å²) in [6, 6.07) is 10.3. The molecule has 1 heterocycles. The molecule has 1 unspecified atom stereocenters. The van der Waals surface area contributed by atoms with Crippen molar-refractivity contribution in [1.82, 2.24) is 4.98 Å². The maximum Gasteiger partial charge on any atom is 0.255 e. The fourth-order valence-electron chi connectivity index (χ4n) is 1.90. The van der Waals surface area contributed by atoms with E-state index in [1.165, 1.54) is 13.1 Å². The van der Waals surface area contributed by atoms with E-state index in [2.05, 4.69) is 15.6 Å². The number of carbonyl (C=O) groups excluding carboxylic acids is 2. The quantitative estimate of drug-likeness (QED) is 0.807. The van der Waals surface area contributed by atoms with Gasteiger partial charge in [0.25, 0.3) is 5.91 Å². The molecule has 6 heteroatoms. The molecule has 114 valence electrons. The van der Waals surface area contributed by atoms with Crippen LogP contribution in [0.3, 0.4) is 0 Å². The summed E-state index contributed by atoms with van der Waals surface area (Å²) < 4.78 is 0. The number of pyridine rings is 1. The molecule has 0 fully saturated rings. The summed E-state index contributed by atoms with van der Waals surface area (Å²) in [6.45, 7) is 3.28. The molecule has 0 saturated heterocycles. The van der Waals surface area contributed by atoms with Gasteiger partial charge in [-0.1, -0.05) is 12.1 Å². The first-order valence-electron chi connectivity index (χ1n) is 6.86. The van der Waals surface area contributed by atoms with Crippen molar-refractivity contribution < 1.29 is 9.59 Å². The number of aromatic nitrogens is 1. The molecular weight excluding hydrogens is 280 g/mol. The van der Waals surface area contributed by atoms with Crippen LogP contribution in [-0.4, -0.2) is 16.8 Å². The van der Waals surface area contributed by atoms with Crippen LogP contribution in [0.4, 0.5) is 11.5 Å². The average Bonchev–Trinajstić information content (AvgIpc) is 2.47. The lowest BCUT2D eigenvalue weighted by atomic mass is 10.1. The van der Waals surface area contributed by atoms with E-state index in [1.807, 2.05) is 19.1 Å². The van der Waals surface area contributed by atoms with Gasteiger partial charge in [0.05, 0.1) is 0 Å². The minimum atomic E-state index is -0.240. The molecule has 0 radical (unpaired) electrons. The van der Waals surface area contributed by atoms with Gasteiger partial charge in [-0.05, 0) is 30.7 Å². The van der Waals surface area contributed by atoms with E-state index in [9.17, 15) is 9.59 Å². The summed E-state index contributed by atoms with van der Waals surface area (Å²) in [5.41, 5.74) is 7.83. The molecular formula is C16H18N4O2. The number of carbonyl (C=O) groups is 2. The zero-order valence-electron chi connectivity index (χ0n) is 12.5. The molecule has 1 aromatic carbocycles. The van der Waals surface area contributed by atoms with Crippen molar-refractivity contribution in [1.29, 1.82) is 0 Å². The molecule has 22 heavy (non-hydrogen) atoms. The van der Waals surface area contributed by atoms with Crippen LogP contribution in [0.5, 0.6) is 0 Å². The standard InChI is InChI=1S/C16H18N4O2/c1-10(17)12-3-5-13(6-4-12)16(22)20-14-7-8-18-15(9-14)19-11(2)21/h3-10H,17H2,1-2H3,(H2,18,19,20,21,22). The van der Waals surface area contributed by atoms with E-state index in [0.717, 1.165) is 5.56 Å². The zero-order chi connectivity index (χ0) is 16.1. The molecule has 0 aliphatic rings. The molecule has 6 nitrogen and oxygen atoms in total. The van der Waals surface area contributed by atoms with E-state index >= 15 is 0 Å². The summed E-state index contributed by atoms with van der Waals surface area (Å²) in [6.07, 6.45) is 1.51. The number of nitrogens with one attached hydrogen (secondary N) is 2. The van der Waals surface area contributed by atoms with Crippen molar-refractivity contribution in [3.8, 4) is 0 Å². The summed E-state index contributed by atoms with van der Waals surface area (Å²) >= 11 is 0. The molecule has 0 aliphatic heterocycles. The van der Waals surface area contributed by atoms with Crippen LogP contribution in [0, 0.1) is 0 Å². The van der Waals surface area contributed by atoms with Gasteiger partial charge in [-0.15, -0.1) is 0 Å². The molecule has 2 rings (SSSR count). The Hall–Kier alpha value is -2.73. The number of hydrogen-bond donors (Lipinski definition) is 3. The second-order valence-corrected chi connectivity index (χ2v) is 4.98. The normalized spacial score (nSPS) is 11.6. The number of nitrogens with two attached hydrogens (primary N) is 1. The second-order valence-electron chi connectivity index (χ2n) is 4.98. The van der Waals surface area contributed by atoms with Gasteiger partial charge in [0.1, 0.15) is 5.82 Å². The van der Waals surface area contributed by atoms with Crippen molar-refractivity contribution in [3.05, 3.63) is 53.7 Å². The lowest BCUT2D eigenvalue weighted by Gasteiger charge is -2.09. The van der Waals surface area contributed by atoms with Gasteiger partial charge in [-0.3, -0.25) is 9.59 Å². The highest BCUT2D eigenvalue weighted by molar-refractivity contribution is 6.04. The SMILES string of the molecule is CC(=O)Nc1cc(NC(=O)c2ccc(C(C)N)cc2)ccn1. The predicted octanol–water partition coefficient (Wildman–Crippen LogP) is 2.31. The minimum Gasteiger partial charge on any atom is -0.324 e. The Bertz CT molecular complexity index is 681. The first-order chi connectivity index (χ1) is 10.5. The van der Waals surface area contributed by atoms with Crippen LogP contribution < -0.4 is 16.4 Å². The number of amides is 2. The Morgan fingerprint density at radius 2 is 1.82 bits per heavy atom. The van der Waals surface area contributed by atoms with Crippen LogP contribution in [0.15, 0.2) is 42.6 Å². The van der Waals surface area contributed by atoms with Gasteiger partial charge in [-0.2, -0.15) is 0 Å². The summed E-state index contributed by atoms with van der Waals surface area (Å²) in [5.74, 6) is -0.0729. The van der Waals surface area contributed by atoms with E-state index in [-0.39, 0.29) is 17.9 Å². The largest absolute Gasteiger partial charge is 0.324 e. The van der Waals surface area contributed by atoms with E-state index < -0.39 is 0 Å². The Labute approximate surface area is 128 Å². The molecule has 0 saturated carbocycles. The maximum atomic E-state index is 12.2. The maximum absolute atomic E-state index is 12.2. The van der Waals surface area contributed by atoms with E-state index in [0.29, 0.717) is 17.1 Å². The highest BCUT2D eigenvalue weighted by atomic mass is 16.2. The number of anilines is 2. The Morgan fingerprint density at radius 1 is 1.14 bits per heavy atom. The highest BCUT2D eigenvalue weighted by Crippen LogP contribution is 2.15. The van der Waals surface area contributed by atoms with Crippen molar-refractivity contribution in [2.75, 3.05) is 10.6 Å². The molecule has 1 atom stereocenters. The van der Waals surface area contributed by atoms with E-state index in [1.54, 1.807) is 24.3 Å². The lowest BCUT2D eigenvalue weighted by molar-refractivity contribution is -0.114. The van der Waals surface area contributed by atoms with Crippen molar-refractivity contribution in [3.63, 3.8) is 0 Å². The first kappa shape index (κ1) is 15.7. The third-order valence-corrected chi connectivity index (χ3v) is 3.02. The molecule has 2 aromatic rings. The monoisotopic (exact) mass is 298 g/mol. The van der Waals surface area contributed by atoms with Crippen molar-refractivity contribution in [2.45, 2.75) is 19.9 Å². The van der Waals surface area contributed by atoms with Crippen molar-refractivity contribution in [2.24, 2.45) is 5.73 Å². The number of benzene rings is 1. The Balaban J connectivity index is 2.09. The Morgan fingerprint density at radius 3 is 2.41 bits per heavy atom. The summed E-state index contributed by atoms with van der Waals surface area (Å²) in [5, 5.41) is 5.32. The molecule has 4 N–H and O–H groups in total. The van der Waals surface area contributed by atoms with Gasteiger partial charge >= 0.3 is 0 Å². The molecule has 1 aromatic heterocycles. The smallest absolute Gasteiger partial charge is 0.255 e. The fraction of sp³-hybridized carbons (Fsp3) is 0.188. The minimum absolute atomic E-state index is 0.0717. The lowest BCUT2D eigenvalue weighted by Crippen LogP contribution is -2.13. The van der Waals surface area contributed by atoms with Crippen LogP contribution in [-0.2, 0) is 4.79 Å². The third-order valence-electron chi connectivity index (χ3n) is 3.02. The second kappa shape index (κ2) is 6.82. The number of rotatable bonds is 4. The van der Waals surface area contributed by atoms with Crippen molar-refractivity contribution >= 4 is 23.3 Å². The predicted molar refractivity (Wildman–Crippen MR) is 85.5 cm³/mol. The van der Waals surface area contributed by atoms with Crippen LogP contribution in [0.1, 0.15) is 35.8 Å². The number of nitrogens with zero attached hydrogens (tertiary/aromatic N) is 1. The van der Waals surface area contributed by atoms with Gasteiger partial charge in [0.2, 0.25) is 5.91 Å². The third kappa shape index (κ3) is 4.13. The van der Waals surface area contributed by atoms with Crippen LogP contribution >= 0.6 is 0 Å². The van der Waals surface area contributed by atoms with Gasteiger partial charge in [0.15, 0.2) is 0 Å². The summed E-state index contributed by atoms with van der Waals surface area (Å²) in [7, 11) is 0. The summed E-state index contributed by atoms with van der Waals surface area (Å²) in [4.78, 5) is 27.2. The van der Waals surface area contributed by atoms with Crippen LogP contribution in [0.2, 0.25) is 0 Å². The average molecular weight is 298 g/mol. The molecule has 0 spiro atoms. The van der Waals surface area contributed by atoms with Gasteiger partial charge in [0, 0.05) is 36.5 Å². The molecule has 0 aliphatic carbocycles. The van der Waals surface area contributed by atoms with Gasteiger partial charge < -0.3 is 16.4 Å². The highest BCUT2D eigenvalue weighted by Gasteiger charge is 2.08. The molecule has 0 bridgehead atoms. The topological polar surface area (TPSA) is 97.1 Å². The molecule has 2 amide bonds.